The molecule has 0 aliphatic heterocycles. The van der Waals surface area contributed by atoms with Crippen molar-refractivity contribution in [1.29, 1.82) is 0 Å². The average Bonchev–Trinajstić information content (AvgIpc) is 2.57. The summed E-state index contributed by atoms with van der Waals surface area (Å²) < 4.78 is 5.21. The van der Waals surface area contributed by atoms with Crippen LogP contribution in [0.3, 0.4) is 0 Å². The predicted molar refractivity (Wildman–Crippen MR) is 114 cm³/mol. The van der Waals surface area contributed by atoms with Gasteiger partial charge >= 0.3 is 6.09 Å². The standard InChI is InChI=1S/C20H43N5O2/c1-8-21-18(24-17(4)13-11-16-25(9-2)10-3)22-14-12-15-23-19(26)27-20(5,6)7/h17H,8-16H2,1-7H3,(H,23,26)(H2,21,22,24). The lowest BCUT2D eigenvalue weighted by Crippen LogP contribution is -2.42. The molecular weight excluding hydrogens is 342 g/mol. The summed E-state index contributed by atoms with van der Waals surface area (Å²) in [6.45, 7) is 19.6. The number of carbonyl (C=O) groups excluding carboxylic acids is 1. The lowest BCUT2D eigenvalue weighted by Gasteiger charge is -2.21. The van der Waals surface area contributed by atoms with Gasteiger partial charge in [-0.15, -0.1) is 0 Å². The first-order chi connectivity index (χ1) is 12.7. The maximum atomic E-state index is 11.6. The lowest BCUT2D eigenvalue weighted by atomic mass is 10.2. The molecule has 0 bridgehead atoms. The molecule has 0 heterocycles. The van der Waals surface area contributed by atoms with Gasteiger partial charge in [-0.2, -0.15) is 0 Å². The highest BCUT2D eigenvalue weighted by atomic mass is 16.6. The zero-order chi connectivity index (χ0) is 20.7. The summed E-state index contributed by atoms with van der Waals surface area (Å²) >= 11 is 0. The molecule has 0 saturated carbocycles. The van der Waals surface area contributed by atoms with Gasteiger partial charge in [-0.25, -0.2) is 4.79 Å². The summed E-state index contributed by atoms with van der Waals surface area (Å²) in [4.78, 5) is 18.6. The number of amides is 1. The van der Waals surface area contributed by atoms with Crippen molar-refractivity contribution in [2.45, 2.75) is 79.4 Å². The van der Waals surface area contributed by atoms with E-state index in [2.05, 4.69) is 53.5 Å². The van der Waals surface area contributed by atoms with Crippen molar-refractivity contribution >= 4 is 12.1 Å². The number of alkyl carbamates (subject to hydrolysis) is 1. The van der Waals surface area contributed by atoms with Crippen molar-refractivity contribution in [3.8, 4) is 0 Å². The molecule has 27 heavy (non-hydrogen) atoms. The summed E-state index contributed by atoms with van der Waals surface area (Å²) in [5, 5.41) is 9.51. The fraction of sp³-hybridized carbons (Fsp3) is 0.900. The second-order valence-electron chi connectivity index (χ2n) is 7.76. The first kappa shape index (κ1) is 25.5. The SMILES string of the molecule is CCNC(=NCCCNC(=O)OC(C)(C)C)NC(C)CCCN(CC)CC. The Kier molecular flexibility index (Phi) is 13.7. The Hall–Kier alpha value is -1.50. The molecule has 0 saturated heterocycles. The van der Waals surface area contributed by atoms with Gasteiger partial charge in [-0.3, -0.25) is 4.99 Å². The van der Waals surface area contributed by atoms with Crippen LogP contribution in [-0.4, -0.2) is 67.9 Å². The predicted octanol–water partition coefficient (Wildman–Crippen LogP) is 2.97. The van der Waals surface area contributed by atoms with Gasteiger partial charge in [0.15, 0.2) is 5.96 Å². The number of rotatable bonds is 12. The molecule has 0 aliphatic carbocycles. The highest BCUT2D eigenvalue weighted by Gasteiger charge is 2.15. The van der Waals surface area contributed by atoms with Crippen LogP contribution >= 0.6 is 0 Å². The third-order valence-corrected chi connectivity index (χ3v) is 4.01. The number of guanidine groups is 1. The molecule has 0 aromatic carbocycles. The van der Waals surface area contributed by atoms with Crippen LogP contribution in [0, 0.1) is 0 Å². The molecule has 0 rings (SSSR count). The van der Waals surface area contributed by atoms with Crippen molar-refractivity contribution in [2.24, 2.45) is 4.99 Å². The Morgan fingerprint density at radius 2 is 1.78 bits per heavy atom. The average molecular weight is 386 g/mol. The highest BCUT2D eigenvalue weighted by Crippen LogP contribution is 2.06. The molecular formula is C20H43N5O2. The normalized spacial score (nSPS) is 13.4. The first-order valence-corrected chi connectivity index (χ1v) is 10.5. The van der Waals surface area contributed by atoms with Crippen molar-refractivity contribution in [3.05, 3.63) is 0 Å². The maximum absolute atomic E-state index is 11.6. The van der Waals surface area contributed by atoms with Gasteiger partial charge in [0.1, 0.15) is 5.60 Å². The van der Waals surface area contributed by atoms with Gasteiger partial charge in [-0.05, 0) is 73.5 Å². The smallest absolute Gasteiger partial charge is 0.407 e. The number of hydrogen-bond donors (Lipinski definition) is 3. The van der Waals surface area contributed by atoms with E-state index in [0.717, 1.165) is 45.0 Å². The van der Waals surface area contributed by atoms with Crippen LogP contribution < -0.4 is 16.0 Å². The van der Waals surface area contributed by atoms with Gasteiger partial charge in [0.05, 0.1) is 0 Å². The maximum Gasteiger partial charge on any atom is 0.407 e. The van der Waals surface area contributed by atoms with Crippen LogP contribution in [0.1, 0.15) is 67.7 Å². The zero-order valence-electron chi connectivity index (χ0n) is 18.7. The number of nitrogens with zero attached hydrogens (tertiary/aromatic N) is 2. The van der Waals surface area contributed by atoms with E-state index in [1.54, 1.807) is 0 Å². The van der Waals surface area contributed by atoms with Crippen molar-refractivity contribution in [2.75, 3.05) is 39.3 Å². The second kappa shape index (κ2) is 14.5. The molecule has 0 spiro atoms. The quantitative estimate of drug-likeness (QED) is 0.273. The number of aliphatic imine (C=N–C) groups is 1. The second-order valence-corrected chi connectivity index (χ2v) is 7.76. The Labute approximate surface area is 166 Å². The van der Waals surface area contributed by atoms with Crippen LogP contribution in [-0.2, 0) is 4.74 Å². The van der Waals surface area contributed by atoms with E-state index in [9.17, 15) is 4.79 Å². The fourth-order valence-electron chi connectivity index (χ4n) is 2.56. The van der Waals surface area contributed by atoms with Crippen LogP contribution in [0.4, 0.5) is 4.79 Å². The Morgan fingerprint density at radius 1 is 1.11 bits per heavy atom. The van der Waals surface area contributed by atoms with E-state index in [4.69, 9.17) is 4.74 Å². The molecule has 1 amide bonds. The number of carbonyl (C=O) groups is 1. The Balaban J connectivity index is 4.13. The number of nitrogens with one attached hydrogen (secondary N) is 3. The van der Waals surface area contributed by atoms with E-state index in [1.807, 2.05) is 20.8 Å². The summed E-state index contributed by atoms with van der Waals surface area (Å²) in [5.41, 5.74) is -0.466. The van der Waals surface area contributed by atoms with Crippen LogP contribution in [0.5, 0.6) is 0 Å². The fourth-order valence-corrected chi connectivity index (χ4v) is 2.56. The third kappa shape index (κ3) is 15.3. The molecule has 1 unspecified atom stereocenters. The minimum absolute atomic E-state index is 0.373. The first-order valence-electron chi connectivity index (χ1n) is 10.5. The van der Waals surface area contributed by atoms with Gasteiger partial charge < -0.3 is 25.6 Å². The zero-order valence-corrected chi connectivity index (χ0v) is 18.7. The van der Waals surface area contributed by atoms with Gasteiger partial charge in [0, 0.05) is 25.7 Å². The molecule has 7 heteroatoms. The Morgan fingerprint density at radius 3 is 2.33 bits per heavy atom. The van der Waals surface area contributed by atoms with Gasteiger partial charge in [-0.1, -0.05) is 13.8 Å². The molecule has 0 aliphatic rings. The van der Waals surface area contributed by atoms with Crippen molar-refractivity contribution in [3.63, 3.8) is 0 Å². The van der Waals surface area contributed by atoms with Crippen LogP contribution in [0.15, 0.2) is 4.99 Å². The molecule has 3 N–H and O–H groups in total. The molecule has 7 nitrogen and oxygen atoms in total. The molecule has 0 radical (unpaired) electrons. The minimum Gasteiger partial charge on any atom is -0.444 e. The highest BCUT2D eigenvalue weighted by molar-refractivity contribution is 5.80. The van der Waals surface area contributed by atoms with Crippen LogP contribution in [0.25, 0.3) is 0 Å². The van der Waals surface area contributed by atoms with E-state index in [1.165, 1.54) is 6.42 Å². The summed E-state index contributed by atoms with van der Waals surface area (Å²) in [6, 6.07) is 0.373. The van der Waals surface area contributed by atoms with E-state index in [0.29, 0.717) is 19.1 Å². The van der Waals surface area contributed by atoms with Crippen molar-refractivity contribution in [1.82, 2.24) is 20.9 Å². The van der Waals surface area contributed by atoms with Gasteiger partial charge in [0.2, 0.25) is 0 Å². The van der Waals surface area contributed by atoms with Crippen molar-refractivity contribution < 1.29 is 9.53 Å². The number of hydrogen-bond acceptors (Lipinski definition) is 4. The Bertz CT molecular complexity index is 417. The molecule has 0 aromatic heterocycles. The summed E-state index contributed by atoms with van der Waals surface area (Å²) in [7, 11) is 0. The molecule has 0 aromatic rings. The number of ether oxygens (including phenoxy) is 1. The molecule has 1 atom stereocenters. The monoisotopic (exact) mass is 385 g/mol. The lowest BCUT2D eigenvalue weighted by molar-refractivity contribution is 0.0527. The summed E-state index contributed by atoms with van der Waals surface area (Å²) in [5.74, 6) is 0.838. The molecule has 0 fully saturated rings. The topological polar surface area (TPSA) is 78.0 Å². The van der Waals surface area contributed by atoms with E-state index < -0.39 is 5.60 Å². The third-order valence-electron chi connectivity index (χ3n) is 4.01. The van der Waals surface area contributed by atoms with Gasteiger partial charge in [0.25, 0.3) is 0 Å². The van der Waals surface area contributed by atoms with Crippen LogP contribution in [0.2, 0.25) is 0 Å². The minimum atomic E-state index is -0.466. The molecule has 160 valence electrons. The van der Waals surface area contributed by atoms with E-state index in [-0.39, 0.29) is 6.09 Å². The van der Waals surface area contributed by atoms with E-state index >= 15 is 0 Å². The largest absolute Gasteiger partial charge is 0.444 e. The summed E-state index contributed by atoms with van der Waals surface area (Å²) in [6.07, 6.45) is 2.68.